The number of hydrogen-bond acceptors (Lipinski definition) is 4. The van der Waals surface area contributed by atoms with Crippen LogP contribution < -0.4 is 10.6 Å². The first-order chi connectivity index (χ1) is 13.7. The van der Waals surface area contributed by atoms with E-state index in [1.54, 1.807) is 7.11 Å². The van der Waals surface area contributed by atoms with E-state index in [0.29, 0.717) is 5.92 Å². The van der Waals surface area contributed by atoms with Crippen LogP contribution in [-0.4, -0.2) is 37.1 Å². The number of aryl methyl sites for hydroxylation is 1. The van der Waals surface area contributed by atoms with Crippen LogP contribution in [0, 0.1) is 0 Å². The van der Waals surface area contributed by atoms with Gasteiger partial charge in [0.15, 0.2) is 0 Å². The smallest absolute Gasteiger partial charge is 0.126 e. The number of dihydropyridines is 1. The molecule has 1 saturated carbocycles. The van der Waals surface area contributed by atoms with E-state index in [0.717, 1.165) is 30.7 Å². The number of methoxy groups -OCH3 is 2. The number of ether oxygens (including phenoxy) is 2. The van der Waals surface area contributed by atoms with Crippen LogP contribution in [0.2, 0.25) is 0 Å². The topological polar surface area (TPSA) is 47.5 Å². The van der Waals surface area contributed by atoms with E-state index in [9.17, 15) is 0 Å². The van der Waals surface area contributed by atoms with Gasteiger partial charge in [0, 0.05) is 62.3 Å². The van der Waals surface area contributed by atoms with Gasteiger partial charge in [-0.1, -0.05) is 26.0 Å². The van der Waals surface area contributed by atoms with E-state index in [1.807, 2.05) is 33.2 Å². The Labute approximate surface area is 167 Å². The molecule has 0 saturated heterocycles. The maximum atomic E-state index is 5.88. The zero-order chi connectivity index (χ0) is 19.9. The Hall–Kier alpha value is -2.24. The summed E-state index contributed by atoms with van der Waals surface area (Å²) in [7, 11) is 5.72. The predicted octanol–water partition coefficient (Wildman–Crippen LogP) is 3.37. The molecule has 0 radical (unpaired) electrons. The Bertz CT molecular complexity index is 890. The van der Waals surface area contributed by atoms with Gasteiger partial charge in [-0.15, -0.1) is 0 Å². The van der Waals surface area contributed by atoms with Crippen molar-refractivity contribution in [3.8, 4) is 0 Å². The van der Waals surface area contributed by atoms with Crippen LogP contribution in [0.25, 0.3) is 5.57 Å². The molecule has 3 unspecified atom stereocenters. The van der Waals surface area contributed by atoms with Gasteiger partial charge in [-0.25, -0.2) is 0 Å². The molecule has 5 nitrogen and oxygen atoms in total. The van der Waals surface area contributed by atoms with Crippen molar-refractivity contribution in [3.63, 3.8) is 0 Å². The molecule has 2 aliphatic heterocycles. The molecular formula is C23H31N3O2. The van der Waals surface area contributed by atoms with E-state index >= 15 is 0 Å². The average molecular weight is 382 g/mol. The van der Waals surface area contributed by atoms with E-state index in [4.69, 9.17) is 9.47 Å². The summed E-state index contributed by atoms with van der Waals surface area (Å²) in [6, 6.07) is 0. The van der Waals surface area contributed by atoms with Crippen LogP contribution in [0.1, 0.15) is 43.0 Å². The Balaban J connectivity index is 0.000000932. The largest absolute Gasteiger partial charge is 0.496 e. The fraction of sp³-hybridized carbons (Fsp3) is 0.478. The number of fused-ring (bicyclic) bond motifs is 4. The molecule has 2 aliphatic carbocycles. The van der Waals surface area contributed by atoms with E-state index in [2.05, 4.69) is 46.7 Å². The normalized spacial score (nSPS) is 29.4. The molecule has 150 valence electrons. The van der Waals surface area contributed by atoms with Gasteiger partial charge in [0.1, 0.15) is 11.9 Å². The lowest BCUT2D eigenvalue weighted by molar-refractivity contribution is 0.116. The number of aromatic nitrogens is 1. The van der Waals surface area contributed by atoms with Crippen LogP contribution in [0.5, 0.6) is 0 Å². The van der Waals surface area contributed by atoms with Gasteiger partial charge in [0.2, 0.25) is 0 Å². The van der Waals surface area contributed by atoms with Crippen molar-refractivity contribution >= 4 is 5.57 Å². The molecule has 4 aliphatic rings. The van der Waals surface area contributed by atoms with Gasteiger partial charge in [-0.2, -0.15) is 0 Å². The van der Waals surface area contributed by atoms with Gasteiger partial charge in [-0.05, 0) is 29.7 Å². The summed E-state index contributed by atoms with van der Waals surface area (Å²) in [5, 5.41) is 6.95. The van der Waals surface area contributed by atoms with Gasteiger partial charge in [0.25, 0.3) is 0 Å². The maximum absolute atomic E-state index is 5.88. The Morgan fingerprint density at radius 1 is 1.25 bits per heavy atom. The third-order valence-corrected chi connectivity index (χ3v) is 6.23. The third-order valence-electron chi connectivity index (χ3n) is 6.23. The highest BCUT2D eigenvalue weighted by Crippen LogP contribution is 2.58. The highest BCUT2D eigenvalue weighted by molar-refractivity contribution is 5.76. The number of allylic oxidation sites excluding steroid dienone is 2. The summed E-state index contributed by atoms with van der Waals surface area (Å²) < 4.78 is 13.7. The minimum atomic E-state index is -0.0986. The van der Waals surface area contributed by atoms with Crippen molar-refractivity contribution in [1.82, 2.24) is 15.2 Å². The molecule has 0 bridgehead atoms. The lowest BCUT2D eigenvalue weighted by Gasteiger charge is -2.30. The van der Waals surface area contributed by atoms with Gasteiger partial charge in [0.05, 0.1) is 12.7 Å². The minimum Gasteiger partial charge on any atom is -0.496 e. The molecule has 1 fully saturated rings. The zero-order valence-corrected chi connectivity index (χ0v) is 17.5. The highest BCUT2D eigenvalue weighted by Gasteiger charge is 2.56. The van der Waals surface area contributed by atoms with Crippen LogP contribution in [0.4, 0.5) is 0 Å². The standard InChI is InChI=1S/C21H25N3O2.C2H6/c1-24-12-15(19-16-10-21(16,26-3)7-4-5-17(19)24)13-9-14-18(25-2)6-8-22-20(14)23-11-13;1-2/h4,6-9,12,16,20,22-23H,5,10-11H2,1-3H3;1-2H3. The Morgan fingerprint density at radius 2 is 2.07 bits per heavy atom. The molecule has 3 atom stereocenters. The number of hydrogen-bond donors (Lipinski definition) is 2. The van der Waals surface area contributed by atoms with Crippen LogP contribution in [0.15, 0.2) is 48.0 Å². The SMILES string of the molecule is CC.COC1=C2C=C(c3cn(C)c4c3C3CC3(OC)C=CC4)CNC2NC=C1. The summed E-state index contributed by atoms with van der Waals surface area (Å²) in [6.45, 7) is 4.84. The molecule has 5 heteroatoms. The molecule has 0 amide bonds. The monoisotopic (exact) mass is 381 g/mol. The Morgan fingerprint density at radius 3 is 2.82 bits per heavy atom. The second-order valence-corrected chi connectivity index (χ2v) is 7.54. The highest BCUT2D eigenvalue weighted by atomic mass is 16.5. The fourth-order valence-corrected chi connectivity index (χ4v) is 4.72. The molecule has 1 aromatic heterocycles. The molecular weight excluding hydrogens is 350 g/mol. The molecule has 3 heterocycles. The van der Waals surface area contributed by atoms with E-state index in [-0.39, 0.29) is 11.8 Å². The lowest BCUT2D eigenvalue weighted by Crippen LogP contribution is -2.45. The van der Waals surface area contributed by atoms with Gasteiger partial charge >= 0.3 is 0 Å². The quantitative estimate of drug-likeness (QED) is 0.788. The maximum Gasteiger partial charge on any atom is 0.126 e. The summed E-state index contributed by atoms with van der Waals surface area (Å²) in [4.78, 5) is 0. The van der Waals surface area contributed by atoms with Crippen LogP contribution >= 0.6 is 0 Å². The number of rotatable bonds is 3. The second-order valence-electron chi connectivity index (χ2n) is 7.54. The molecule has 5 rings (SSSR count). The van der Waals surface area contributed by atoms with Gasteiger partial charge < -0.3 is 19.4 Å². The third kappa shape index (κ3) is 2.85. The van der Waals surface area contributed by atoms with Gasteiger partial charge in [-0.3, -0.25) is 5.32 Å². The van der Waals surface area contributed by atoms with Crippen molar-refractivity contribution in [1.29, 1.82) is 0 Å². The van der Waals surface area contributed by atoms with Crippen molar-refractivity contribution in [3.05, 3.63) is 64.9 Å². The Kier molecular flexibility index (Phi) is 4.98. The molecule has 0 spiro atoms. The molecule has 0 aromatic carbocycles. The first-order valence-corrected chi connectivity index (χ1v) is 10.2. The van der Waals surface area contributed by atoms with Crippen molar-refractivity contribution in [2.45, 2.75) is 44.4 Å². The predicted molar refractivity (Wildman–Crippen MR) is 113 cm³/mol. The zero-order valence-electron chi connectivity index (χ0n) is 17.5. The molecule has 2 N–H and O–H groups in total. The summed E-state index contributed by atoms with van der Waals surface area (Å²) in [6.07, 6.45) is 15.2. The molecule has 1 aromatic rings. The van der Waals surface area contributed by atoms with Crippen LogP contribution in [-0.2, 0) is 22.9 Å². The minimum absolute atomic E-state index is 0.0986. The summed E-state index contributed by atoms with van der Waals surface area (Å²) in [5.41, 5.74) is 6.60. The average Bonchev–Trinajstić information content (AvgIpc) is 3.40. The van der Waals surface area contributed by atoms with Crippen molar-refractivity contribution in [2.75, 3.05) is 20.8 Å². The van der Waals surface area contributed by atoms with Crippen molar-refractivity contribution < 1.29 is 9.47 Å². The fourth-order valence-electron chi connectivity index (χ4n) is 4.72. The van der Waals surface area contributed by atoms with Crippen molar-refractivity contribution in [2.24, 2.45) is 7.05 Å². The van der Waals surface area contributed by atoms with E-state index in [1.165, 1.54) is 22.4 Å². The first-order valence-electron chi connectivity index (χ1n) is 10.2. The van der Waals surface area contributed by atoms with E-state index < -0.39 is 0 Å². The second kappa shape index (κ2) is 7.30. The summed E-state index contributed by atoms with van der Waals surface area (Å²) >= 11 is 0. The first kappa shape index (κ1) is 19.1. The number of nitrogens with zero attached hydrogens (tertiary/aromatic N) is 1. The number of nitrogens with one attached hydrogen (secondary N) is 2. The summed E-state index contributed by atoms with van der Waals surface area (Å²) in [5.74, 6) is 1.37. The van der Waals surface area contributed by atoms with Crippen LogP contribution in [0.3, 0.4) is 0 Å². The lowest BCUT2D eigenvalue weighted by atomic mass is 9.92. The molecule has 28 heavy (non-hydrogen) atoms.